The number of halogens is 2. The Labute approximate surface area is 210 Å². The number of rotatable bonds is 6. The van der Waals surface area contributed by atoms with Gasteiger partial charge >= 0.3 is 0 Å². The molecule has 0 saturated carbocycles. The van der Waals surface area contributed by atoms with Gasteiger partial charge in [0.15, 0.2) is 5.78 Å². The molecule has 0 unspecified atom stereocenters. The summed E-state index contributed by atoms with van der Waals surface area (Å²) in [5, 5.41) is 3.05. The SMILES string of the molecule is O=C(Nc1ccc(Br)cc1C(=O)c1ccccc1Cl)c1ccc(S(=O)(=O)N2CCOCC2)cc1. The Hall–Kier alpha value is -2.56. The van der Waals surface area contributed by atoms with E-state index < -0.39 is 15.9 Å². The third-order valence-corrected chi connectivity index (χ3v) is 8.05. The summed E-state index contributed by atoms with van der Waals surface area (Å²) in [4.78, 5) is 26.1. The number of nitrogens with one attached hydrogen (secondary N) is 1. The van der Waals surface area contributed by atoms with Gasteiger partial charge in [-0.2, -0.15) is 4.31 Å². The number of ether oxygens (including phenoxy) is 1. The number of benzene rings is 3. The van der Waals surface area contributed by atoms with Gasteiger partial charge in [-0.3, -0.25) is 9.59 Å². The topological polar surface area (TPSA) is 92.8 Å². The minimum atomic E-state index is -3.66. The van der Waals surface area contributed by atoms with E-state index in [1.165, 1.54) is 28.6 Å². The molecule has 4 rings (SSSR count). The largest absolute Gasteiger partial charge is 0.379 e. The number of carbonyl (C=O) groups excluding carboxylic acids is 2. The van der Waals surface area contributed by atoms with Crippen LogP contribution in [-0.2, 0) is 14.8 Å². The highest BCUT2D eigenvalue weighted by Gasteiger charge is 2.26. The van der Waals surface area contributed by atoms with E-state index in [4.69, 9.17) is 16.3 Å². The number of hydrogen-bond acceptors (Lipinski definition) is 5. The van der Waals surface area contributed by atoms with Crippen molar-refractivity contribution in [2.75, 3.05) is 31.6 Å². The lowest BCUT2D eigenvalue weighted by Crippen LogP contribution is -2.40. The molecule has 1 aliphatic rings. The zero-order chi connectivity index (χ0) is 24.3. The van der Waals surface area contributed by atoms with Gasteiger partial charge in [0, 0.05) is 34.3 Å². The first-order valence-corrected chi connectivity index (χ1v) is 13.0. The molecule has 34 heavy (non-hydrogen) atoms. The summed E-state index contributed by atoms with van der Waals surface area (Å²) >= 11 is 9.55. The molecule has 1 N–H and O–H groups in total. The van der Waals surface area contributed by atoms with E-state index in [1.807, 2.05) is 0 Å². The van der Waals surface area contributed by atoms with Crippen LogP contribution in [0.2, 0.25) is 5.02 Å². The van der Waals surface area contributed by atoms with Crippen LogP contribution in [0.15, 0.2) is 76.1 Å². The molecule has 10 heteroatoms. The number of ketones is 1. The molecule has 0 aliphatic carbocycles. The van der Waals surface area contributed by atoms with Crippen LogP contribution in [-0.4, -0.2) is 50.7 Å². The Morgan fingerprint density at radius 3 is 2.29 bits per heavy atom. The number of morpholine rings is 1. The highest BCUT2D eigenvalue weighted by atomic mass is 79.9. The summed E-state index contributed by atoms with van der Waals surface area (Å²) in [7, 11) is -3.66. The van der Waals surface area contributed by atoms with Gasteiger partial charge in [0.25, 0.3) is 5.91 Å². The van der Waals surface area contributed by atoms with Crippen LogP contribution in [0.5, 0.6) is 0 Å². The average Bonchev–Trinajstić information content (AvgIpc) is 2.85. The standard InChI is InChI=1S/C24H20BrClN2O5S/c25-17-7-10-22(20(15-17)23(29)19-3-1-2-4-21(19)26)27-24(30)16-5-8-18(9-6-16)34(31,32)28-11-13-33-14-12-28/h1-10,15H,11-14H2,(H,27,30). The number of carbonyl (C=O) groups is 2. The first-order valence-electron chi connectivity index (χ1n) is 10.4. The van der Waals surface area contributed by atoms with Crippen molar-refractivity contribution < 1.29 is 22.7 Å². The smallest absolute Gasteiger partial charge is 0.255 e. The molecule has 0 bridgehead atoms. The summed E-state index contributed by atoms with van der Waals surface area (Å²) in [6.45, 7) is 1.27. The highest BCUT2D eigenvalue weighted by molar-refractivity contribution is 9.10. The van der Waals surface area contributed by atoms with Crippen molar-refractivity contribution in [1.29, 1.82) is 0 Å². The minimum Gasteiger partial charge on any atom is -0.379 e. The van der Waals surface area contributed by atoms with E-state index in [0.29, 0.717) is 34.0 Å². The first kappa shape index (κ1) is 24.6. The van der Waals surface area contributed by atoms with Crippen molar-refractivity contribution in [3.05, 3.63) is 92.9 Å². The van der Waals surface area contributed by atoms with E-state index >= 15 is 0 Å². The van der Waals surface area contributed by atoms with Crippen molar-refractivity contribution in [2.24, 2.45) is 0 Å². The first-order chi connectivity index (χ1) is 16.3. The molecule has 1 heterocycles. The molecule has 0 atom stereocenters. The van der Waals surface area contributed by atoms with Crippen molar-refractivity contribution in [3.63, 3.8) is 0 Å². The summed E-state index contributed by atoms with van der Waals surface area (Å²) in [6, 6.07) is 17.3. The van der Waals surface area contributed by atoms with Gasteiger partial charge in [0.05, 0.1) is 28.8 Å². The van der Waals surface area contributed by atoms with Crippen molar-refractivity contribution in [2.45, 2.75) is 4.90 Å². The van der Waals surface area contributed by atoms with E-state index in [2.05, 4.69) is 21.2 Å². The zero-order valence-corrected chi connectivity index (χ0v) is 21.0. The van der Waals surface area contributed by atoms with E-state index in [0.717, 1.165) is 0 Å². The van der Waals surface area contributed by atoms with Crippen LogP contribution in [0.3, 0.4) is 0 Å². The lowest BCUT2D eigenvalue weighted by molar-refractivity contribution is 0.0730. The van der Waals surface area contributed by atoms with Gasteiger partial charge in [0.2, 0.25) is 10.0 Å². The van der Waals surface area contributed by atoms with Gasteiger partial charge < -0.3 is 10.1 Å². The van der Waals surface area contributed by atoms with Crippen LogP contribution >= 0.6 is 27.5 Å². The number of hydrogen-bond donors (Lipinski definition) is 1. The molecular weight excluding hydrogens is 544 g/mol. The maximum absolute atomic E-state index is 13.1. The fourth-order valence-corrected chi connectivity index (χ4v) is 5.50. The predicted molar refractivity (Wildman–Crippen MR) is 133 cm³/mol. The Morgan fingerprint density at radius 1 is 0.941 bits per heavy atom. The van der Waals surface area contributed by atoms with Crippen LogP contribution < -0.4 is 5.32 Å². The number of nitrogens with zero attached hydrogens (tertiary/aromatic N) is 1. The molecule has 7 nitrogen and oxygen atoms in total. The second kappa shape index (κ2) is 10.4. The second-order valence-corrected chi connectivity index (χ2v) is 10.8. The molecule has 3 aromatic rings. The molecule has 1 amide bonds. The number of amides is 1. The van der Waals surface area contributed by atoms with Gasteiger partial charge in [0.1, 0.15) is 0 Å². The Morgan fingerprint density at radius 2 is 1.62 bits per heavy atom. The Balaban J connectivity index is 1.56. The quantitative estimate of drug-likeness (QED) is 0.442. The molecule has 0 spiro atoms. The Bertz CT molecular complexity index is 1340. The fraction of sp³-hybridized carbons (Fsp3) is 0.167. The molecule has 1 fully saturated rings. The zero-order valence-electron chi connectivity index (χ0n) is 17.8. The maximum atomic E-state index is 13.1. The monoisotopic (exact) mass is 562 g/mol. The van der Waals surface area contributed by atoms with Crippen molar-refractivity contribution >= 4 is 54.9 Å². The lowest BCUT2D eigenvalue weighted by Gasteiger charge is -2.26. The van der Waals surface area contributed by atoms with Crippen molar-refractivity contribution in [3.8, 4) is 0 Å². The van der Waals surface area contributed by atoms with Crippen LogP contribution in [0.25, 0.3) is 0 Å². The lowest BCUT2D eigenvalue weighted by atomic mass is 10.0. The molecule has 3 aromatic carbocycles. The fourth-order valence-electron chi connectivity index (χ4n) is 3.51. The van der Waals surface area contributed by atoms with Gasteiger partial charge in [-0.1, -0.05) is 39.7 Å². The van der Waals surface area contributed by atoms with E-state index in [1.54, 1.807) is 42.5 Å². The Kier molecular flexibility index (Phi) is 7.49. The molecule has 1 aliphatic heterocycles. The predicted octanol–water partition coefficient (Wildman–Crippen LogP) is 4.61. The third kappa shape index (κ3) is 5.24. The van der Waals surface area contributed by atoms with Gasteiger partial charge in [-0.25, -0.2) is 8.42 Å². The minimum absolute atomic E-state index is 0.101. The molecule has 0 radical (unpaired) electrons. The van der Waals surface area contributed by atoms with Gasteiger partial charge in [-0.05, 0) is 54.6 Å². The van der Waals surface area contributed by atoms with Gasteiger partial charge in [-0.15, -0.1) is 0 Å². The second-order valence-electron chi connectivity index (χ2n) is 7.49. The summed E-state index contributed by atoms with van der Waals surface area (Å²) in [6.07, 6.45) is 0. The summed E-state index contributed by atoms with van der Waals surface area (Å²) < 4.78 is 32.8. The summed E-state index contributed by atoms with van der Waals surface area (Å²) in [5.41, 5.74) is 1.14. The van der Waals surface area contributed by atoms with E-state index in [9.17, 15) is 18.0 Å². The average molecular weight is 564 g/mol. The number of anilines is 1. The normalized spacial score (nSPS) is 14.5. The summed E-state index contributed by atoms with van der Waals surface area (Å²) in [5.74, 6) is -0.819. The van der Waals surface area contributed by atoms with E-state index in [-0.39, 0.29) is 34.9 Å². The molecule has 0 aromatic heterocycles. The third-order valence-electron chi connectivity index (χ3n) is 5.32. The molecule has 1 saturated heterocycles. The van der Waals surface area contributed by atoms with Crippen LogP contribution in [0.1, 0.15) is 26.3 Å². The maximum Gasteiger partial charge on any atom is 0.255 e. The number of sulfonamides is 1. The molecule has 176 valence electrons. The van der Waals surface area contributed by atoms with Crippen molar-refractivity contribution in [1.82, 2.24) is 4.31 Å². The molecular formula is C24H20BrClN2O5S. The van der Waals surface area contributed by atoms with Crippen LogP contribution in [0, 0.1) is 0 Å². The van der Waals surface area contributed by atoms with Crippen LogP contribution in [0.4, 0.5) is 5.69 Å². The highest BCUT2D eigenvalue weighted by Crippen LogP contribution is 2.27.